The molecule has 3 rings (SSSR count). The zero-order chi connectivity index (χ0) is 15.4. The molecule has 0 atom stereocenters. The molecule has 0 aromatic carbocycles. The van der Waals surface area contributed by atoms with Crippen molar-refractivity contribution in [1.29, 1.82) is 0 Å². The summed E-state index contributed by atoms with van der Waals surface area (Å²) in [6, 6.07) is 0.0904. The lowest BCUT2D eigenvalue weighted by Gasteiger charge is -2.28. The number of hydrogen-bond acceptors (Lipinski definition) is 5. The van der Waals surface area contributed by atoms with Crippen molar-refractivity contribution < 1.29 is 9.53 Å². The summed E-state index contributed by atoms with van der Waals surface area (Å²) >= 11 is 0. The van der Waals surface area contributed by atoms with Gasteiger partial charge < -0.3 is 20.0 Å². The average molecular weight is 303 g/mol. The number of nitrogens with one attached hydrogen (secondary N) is 3. The van der Waals surface area contributed by atoms with Crippen molar-refractivity contribution >= 4 is 5.91 Å². The van der Waals surface area contributed by atoms with E-state index in [1.807, 2.05) is 0 Å². The maximum absolute atomic E-state index is 11.9. The van der Waals surface area contributed by atoms with E-state index in [0.29, 0.717) is 5.88 Å². The van der Waals surface area contributed by atoms with Crippen LogP contribution in [0.25, 0.3) is 0 Å². The zero-order valence-corrected chi connectivity index (χ0v) is 11.9. The summed E-state index contributed by atoms with van der Waals surface area (Å²) in [7, 11) is 0. The summed E-state index contributed by atoms with van der Waals surface area (Å²) in [4.78, 5) is 35.8. The number of aromatic amines is 2. The maximum atomic E-state index is 11.9. The number of ether oxygens (including phenoxy) is 1. The average Bonchev–Trinajstić information content (AvgIpc) is 2.97. The second kappa shape index (κ2) is 6.42. The van der Waals surface area contributed by atoms with Crippen LogP contribution in [0.15, 0.2) is 29.6 Å². The minimum absolute atomic E-state index is 0.0904. The molecule has 3 N–H and O–H groups in total. The van der Waals surface area contributed by atoms with Gasteiger partial charge in [-0.2, -0.15) is 0 Å². The number of imidazole rings is 1. The molecule has 0 unspecified atom stereocenters. The Morgan fingerprint density at radius 1 is 1.27 bits per heavy atom. The Balaban J connectivity index is 1.47. The molecule has 116 valence electrons. The van der Waals surface area contributed by atoms with E-state index >= 15 is 0 Å². The molecule has 1 aliphatic rings. The van der Waals surface area contributed by atoms with Crippen LogP contribution in [0.2, 0.25) is 0 Å². The quantitative estimate of drug-likeness (QED) is 0.766. The number of H-pyrrole nitrogens is 2. The van der Waals surface area contributed by atoms with E-state index in [-0.39, 0.29) is 29.4 Å². The zero-order valence-electron chi connectivity index (χ0n) is 11.9. The maximum Gasteiger partial charge on any atom is 0.323 e. The van der Waals surface area contributed by atoms with Gasteiger partial charge in [0.05, 0.1) is 6.20 Å². The molecule has 0 radical (unpaired) electrons. The highest BCUT2D eigenvalue weighted by atomic mass is 16.5. The Hall–Kier alpha value is -2.64. The number of carbonyl (C=O) groups is 1. The minimum Gasteiger partial charge on any atom is -0.473 e. The van der Waals surface area contributed by atoms with E-state index in [9.17, 15) is 9.59 Å². The summed E-state index contributed by atoms with van der Waals surface area (Å²) < 4.78 is 5.76. The molecule has 22 heavy (non-hydrogen) atoms. The third kappa shape index (κ3) is 3.51. The van der Waals surface area contributed by atoms with E-state index in [2.05, 4.69) is 25.3 Å². The van der Waals surface area contributed by atoms with Gasteiger partial charge >= 0.3 is 5.69 Å². The van der Waals surface area contributed by atoms with E-state index in [1.54, 1.807) is 18.6 Å². The number of hydrogen-bond donors (Lipinski definition) is 3. The molecule has 8 heteroatoms. The van der Waals surface area contributed by atoms with Crippen molar-refractivity contribution in [2.75, 3.05) is 0 Å². The Bertz CT molecular complexity index is 673. The van der Waals surface area contributed by atoms with Gasteiger partial charge in [0, 0.05) is 24.6 Å². The van der Waals surface area contributed by atoms with Crippen LogP contribution in [-0.2, 0) is 0 Å². The second-order valence-corrected chi connectivity index (χ2v) is 5.27. The highest BCUT2D eigenvalue weighted by Gasteiger charge is 2.24. The van der Waals surface area contributed by atoms with Gasteiger partial charge in [0.25, 0.3) is 5.91 Å². The number of aromatic nitrogens is 4. The third-order valence-corrected chi connectivity index (χ3v) is 3.68. The van der Waals surface area contributed by atoms with Crippen molar-refractivity contribution in [2.45, 2.75) is 37.8 Å². The topological polar surface area (TPSA) is 113 Å². The van der Waals surface area contributed by atoms with Crippen LogP contribution < -0.4 is 15.7 Å². The molecule has 2 heterocycles. The van der Waals surface area contributed by atoms with Crippen molar-refractivity contribution in [1.82, 2.24) is 25.3 Å². The third-order valence-electron chi connectivity index (χ3n) is 3.68. The Morgan fingerprint density at radius 3 is 2.73 bits per heavy atom. The van der Waals surface area contributed by atoms with E-state index < -0.39 is 0 Å². The van der Waals surface area contributed by atoms with Crippen molar-refractivity contribution in [3.05, 3.63) is 41.0 Å². The highest BCUT2D eigenvalue weighted by Crippen LogP contribution is 2.22. The molecular weight excluding hydrogens is 286 g/mol. The Kier molecular flexibility index (Phi) is 4.17. The first kappa shape index (κ1) is 14.3. The van der Waals surface area contributed by atoms with Gasteiger partial charge in [0.2, 0.25) is 5.88 Å². The standard InChI is InChI=1S/C14H17N5O3/c20-13(11-7-17-14(21)19-11)18-9-1-3-10(4-2-9)22-12-8-15-5-6-16-12/h5-10H,1-4H2,(H,18,20)(H2,17,19,21). The van der Waals surface area contributed by atoms with E-state index in [4.69, 9.17) is 4.74 Å². The molecule has 1 amide bonds. The summed E-state index contributed by atoms with van der Waals surface area (Å²) in [5, 5.41) is 2.92. The van der Waals surface area contributed by atoms with Crippen molar-refractivity contribution in [3.8, 4) is 5.88 Å². The van der Waals surface area contributed by atoms with Crippen molar-refractivity contribution in [3.63, 3.8) is 0 Å². The van der Waals surface area contributed by atoms with Gasteiger partial charge in [-0.1, -0.05) is 0 Å². The molecule has 0 bridgehead atoms. The molecule has 0 spiro atoms. The largest absolute Gasteiger partial charge is 0.473 e. The second-order valence-electron chi connectivity index (χ2n) is 5.27. The van der Waals surface area contributed by atoms with Gasteiger partial charge in [-0.25, -0.2) is 9.78 Å². The lowest BCUT2D eigenvalue weighted by atomic mass is 9.93. The van der Waals surface area contributed by atoms with Gasteiger partial charge in [-0.05, 0) is 25.7 Å². The first-order chi connectivity index (χ1) is 10.7. The SMILES string of the molecule is O=C(NC1CCC(Oc2cnccn2)CC1)c1c[nH]c(=O)[nH]1. The Morgan fingerprint density at radius 2 is 2.09 bits per heavy atom. The molecule has 2 aromatic rings. The molecule has 0 aliphatic heterocycles. The fraction of sp³-hybridized carbons (Fsp3) is 0.429. The normalized spacial score (nSPS) is 21.3. The molecule has 1 fully saturated rings. The Labute approximate surface area is 126 Å². The van der Waals surface area contributed by atoms with Crippen LogP contribution >= 0.6 is 0 Å². The van der Waals surface area contributed by atoms with Crippen LogP contribution in [0.4, 0.5) is 0 Å². The minimum atomic E-state index is -0.383. The van der Waals surface area contributed by atoms with Crippen LogP contribution in [0.3, 0.4) is 0 Å². The summed E-state index contributed by atoms with van der Waals surface area (Å²) in [5.74, 6) is 0.261. The molecule has 0 saturated heterocycles. The predicted octanol–water partition coefficient (Wildman–Crippen LogP) is 0.613. The molecule has 2 aromatic heterocycles. The van der Waals surface area contributed by atoms with E-state index in [0.717, 1.165) is 25.7 Å². The summed E-state index contributed by atoms with van der Waals surface area (Å²) in [6.45, 7) is 0. The number of rotatable bonds is 4. The van der Waals surface area contributed by atoms with Crippen LogP contribution in [0, 0.1) is 0 Å². The summed E-state index contributed by atoms with van der Waals surface area (Å²) in [5.41, 5.74) is -0.130. The summed E-state index contributed by atoms with van der Waals surface area (Å²) in [6.07, 6.45) is 9.59. The lowest BCUT2D eigenvalue weighted by molar-refractivity contribution is 0.0885. The van der Waals surface area contributed by atoms with Crippen LogP contribution in [0.1, 0.15) is 36.2 Å². The van der Waals surface area contributed by atoms with Gasteiger partial charge in [0.1, 0.15) is 11.8 Å². The molecule has 8 nitrogen and oxygen atoms in total. The van der Waals surface area contributed by atoms with Crippen molar-refractivity contribution in [2.24, 2.45) is 0 Å². The monoisotopic (exact) mass is 303 g/mol. The number of carbonyl (C=O) groups excluding carboxylic acids is 1. The van der Waals surface area contributed by atoms with Gasteiger partial charge in [0.15, 0.2) is 0 Å². The first-order valence-electron chi connectivity index (χ1n) is 7.22. The fourth-order valence-electron chi connectivity index (χ4n) is 2.56. The van der Waals surface area contributed by atoms with E-state index in [1.165, 1.54) is 6.20 Å². The van der Waals surface area contributed by atoms with Gasteiger partial charge in [-0.15, -0.1) is 0 Å². The first-order valence-corrected chi connectivity index (χ1v) is 7.22. The van der Waals surface area contributed by atoms with Crippen LogP contribution in [0.5, 0.6) is 5.88 Å². The number of amides is 1. The van der Waals surface area contributed by atoms with Gasteiger partial charge in [-0.3, -0.25) is 9.78 Å². The highest BCUT2D eigenvalue weighted by molar-refractivity contribution is 5.92. The predicted molar refractivity (Wildman–Crippen MR) is 77.6 cm³/mol. The molecule has 1 aliphatic carbocycles. The number of nitrogens with zero attached hydrogens (tertiary/aromatic N) is 2. The van der Waals surface area contributed by atoms with Crippen LogP contribution in [-0.4, -0.2) is 38.0 Å². The molecular formula is C14H17N5O3. The smallest absolute Gasteiger partial charge is 0.323 e. The fourth-order valence-corrected chi connectivity index (χ4v) is 2.56. The molecule has 1 saturated carbocycles. The lowest BCUT2D eigenvalue weighted by Crippen LogP contribution is -2.40.